The predicted molar refractivity (Wildman–Crippen MR) is 87.8 cm³/mol. The Labute approximate surface area is 139 Å². The van der Waals surface area contributed by atoms with Crippen LogP contribution >= 0.6 is 0 Å². The summed E-state index contributed by atoms with van der Waals surface area (Å²) in [5.74, 6) is -0.993. The monoisotopic (exact) mass is 320 g/mol. The van der Waals surface area contributed by atoms with Crippen LogP contribution in [0, 0.1) is 5.92 Å². The minimum Gasteiger partial charge on any atom is -0.352 e. The van der Waals surface area contributed by atoms with E-state index >= 15 is 0 Å². The Morgan fingerprint density at radius 1 is 1.08 bits per heavy atom. The molecule has 1 aliphatic carbocycles. The van der Waals surface area contributed by atoms with Gasteiger partial charge in [0.2, 0.25) is 11.6 Å². The predicted octanol–water partition coefficient (Wildman–Crippen LogP) is 2.20. The van der Waals surface area contributed by atoms with E-state index in [-0.39, 0.29) is 23.3 Å². The summed E-state index contributed by atoms with van der Waals surface area (Å²) in [6.45, 7) is 0.630. The topological polar surface area (TPSA) is 76.1 Å². The molecule has 24 heavy (non-hydrogen) atoms. The van der Waals surface area contributed by atoms with Crippen molar-refractivity contribution in [2.45, 2.75) is 19.3 Å². The molecule has 1 aromatic carbocycles. The molecule has 5 heteroatoms. The van der Waals surface area contributed by atoms with Crippen molar-refractivity contribution in [2.75, 3.05) is 6.54 Å². The SMILES string of the molecule is O=C(C(=O)C1CC1)c1cc(-c2ccc3c(c2)CCNC3=O)ccn1. The van der Waals surface area contributed by atoms with E-state index in [4.69, 9.17) is 0 Å². The van der Waals surface area contributed by atoms with E-state index in [2.05, 4.69) is 10.3 Å². The number of pyridine rings is 1. The number of carbonyl (C=O) groups excluding carboxylic acids is 3. The van der Waals surface area contributed by atoms with Crippen molar-refractivity contribution in [1.82, 2.24) is 10.3 Å². The van der Waals surface area contributed by atoms with Crippen molar-refractivity contribution in [3.8, 4) is 11.1 Å². The Balaban J connectivity index is 1.67. The second-order valence-electron chi connectivity index (χ2n) is 6.28. The average Bonchev–Trinajstić information content (AvgIpc) is 3.45. The summed E-state index contributed by atoms with van der Waals surface area (Å²) in [6, 6.07) is 9.10. The van der Waals surface area contributed by atoms with Gasteiger partial charge in [0.15, 0.2) is 0 Å². The van der Waals surface area contributed by atoms with Crippen LogP contribution in [0.5, 0.6) is 0 Å². The third kappa shape index (κ3) is 2.62. The van der Waals surface area contributed by atoms with Crippen LogP contribution in [-0.2, 0) is 11.2 Å². The summed E-state index contributed by atoms with van der Waals surface area (Å²) in [7, 11) is 0. The number of nitrogens with zero attached hydrogens (tertiary/aromatic N) is 1. The Morgan fingerprint density at radius 3 is 2.67 bits per heavy atom. The van der Waals surface area contributed by atoms with Crippen molar-refractivity contribution in [3.63, 3.8) is 0 Å². The molecule has 1 aliphatic heterocycles. The minimum absolute atomic E-state index is 0.0524. The summed E-state index contributed by atoms with van der Waals surface area (Å²) in [4.78, 5) is 40.0. The van der Waals surface area contributed by atoms with E-state index in [1.54, 1.807) is 18.3 Å². The number of aromatic nitrogens is 1. The largest absolute Gasteiger partial charge is 0.352 e. The lowest BCUT2D eigenvalue weighted by Crippen LogP contribution is -2.31. The third-order valence-electron chi connectivity index (χ3n) is 4.53. The zero-order valence-corrected chi connectivity index (χ0v) is 13.0. The van der Waals surface area contributed by atoms with Gasteiger partial charge in [0, 0.05) is 24.2 Å². The number of nitrogens with one attached hydrogen (secondary N) is 1. The number of carbonyl (C=O) groups is 3. The zero-order chi connectivity index (χ0) is 16.7. The van der Waals surface area contributed by atoms with E-state index in [0.29, 0.717) is 12.1 Å². The number of ketones is 2. The second-order valence-corrected chi connectivity index (χ2v) is 6.28. The molecule has 1 amide bonds. The highest BCUT2D eigenvalue weighted by molar-refractivity contribution is 6.44. The van der Waals surface area contributed by atoms with Crippen LogP contribution in [0.25, 0.3) is 11.1 Å². The molecule has 0 atom stereocenters. The van der Waals surface area contributed by atoms with Gasteiger partial charge in [-0.15, -0.1) is 0 Å². The maximum absolute atomic E-state index is 12.2. The van der Waals surface area contributed by atoms with E-state index < -0.39 is 5.78 Å². The molecule has 2 aliphatic rings. The molecule has 5 nitrogen and oxygen atoms in total. The Bertz CT molecular complexity index is 869. The van der Waals surface area contributed by atoms with Crippen molar-refractivity contribution in [3.05, 3.63) is 53.3 Å². The minimum atomic E-state index is -0.503. The van der Waals surface area contributed by atoms with Gasteiger partial charge in [0.25, 0.3) is 5.91 Å². The number of Topliss-reactive ketones (excluding diaryl/α,β-unsaturated/α-hetero) is 2. The second kappa shape index (κ2) is 5.67. The molecular weight excluding hydrogens is 304 g/mol. The highest BCUT2D eigenvalue weighted by Crippen LogP contribution is 2.31. The summed E-state index contributed by atoms with van der Waals surface area (Å²) >= 11 is 0. The van der Waals surface area contributed by atoms with Gasteiger partial charge in [-0.05, 0) is 54.2 Å². The Morgan fingerprint density at radius 2 is 1.88 bits per heavy atom. The van der Waals surface area contributed by atoms with Crippen molar-refractivity contribution in [2.24, 2.45) is 5.92 Å². The molecule has 0 unspecified atom stereocenters. The van der Waals surface area contributed by atoms with E-state index in [1.165, 1.54) is 0 Å². The van der Waals surface area contributed by atoms with E-state index in [0.717, 1.165) is 36.0 Å². The van der Waals surface area contributed by atoms with Gasteiger partial charge < -0.3 is 5.32 Å². The maximum atomic E-state index is 12.2. The van der Waals surface area contributed by atoms with Gasteiger partial charge in [0.05, 0.1) is 0 Å². The van der Waals surface area contributed by atoms with Crippen molar-refractivity contribution in [1.29, 1.82) is 0 Å². The highest BCUT2D eigenvalue weighted by Gasteiger charge is 2.35. The standard InChI is InChI=1S/C19H16N2O3/c22-17(11-1-2-11)18(23)16-10-13(5-7-20-16)12-3-4-15-14(9-12)6-8-21-19(15)24/h3-5,7,9-11H,1-2,6,8H2,(H,21,24). The molecule has 2 aromatic rings. The van der Waals surface area contributed by atoms with E-state index in [1.807, 2.05) is 18.2 Å². The first-order valence-corrected chi connectivity index (χ1v) is 8.09. The van der Waals surface area contributed by atoms with Gasteiger partial charge >= 0.3 is 0 Å². The summed E-state index contributed by atoms with van der Waals surface area (Å²) in [5, 5.41) is 2.82. The molecule has 4 rings (SSSR count). The molecule has 0 bridgehead atoms. The molecule has 120 valence electrons. The lowest BCUT2D eigenvalue weighted by molar-refractivity contribution is -0.116. The van der Waals surface area contributed by atoms with Crippen molar-refractivity contribution < 1.29 is 14.4 Å². The number of hydrogen-bond acceptors (Lipinski definition) is 4. The van der Waals surface area contributed by atoms with Gasteiger partial charge in [0.1, 0.15) is 5.69 Å². The van der Waals surface area contributed by atoms with Crippen LogP contribution in [0.15, 0.2) is 36.5 Å². The van der Waals surface area contributed by atoms with Gasteiger partial charge in [-0.3, -0.25) is 19.4 Å². The fourth-order valence-electron chi connectivity index (χ4n) is 3.00. The first kappa shape index (κ1) is 14.8. The summed E-state index contributed by atoms with van der Waals surface area (Å²) < 4.78 is 0. The van der Waals surface area contributed by atoms with Gasteiger partial charge in [-0.1, -0.05) is 12.1 Å². The third-order valence-corrected chi connectivity index (χ3v) is 4.53. The van der Waals surface area contributed by atoms with Gasteiger partial charge in [-0.2, -0.15) is 0 Å². The molecule has 1 fully saturated rings. The van der Waals surface area contributed by atoms with Crippen LogP contribution in [0.4, 0.5) is 0 Å². The molecule has 0 saturated heterocycles. The number of amides is 1. The highest BCUT2D eigenvalue weighted by atomic mass is 16.2. The van der Waals surface area contributed by atoms with Crippen LogP contribution in [0.3, 0.4) is 0 Å². The summed E-state index contributed by atoms with van der Waals surface area (Å²) in [6.07, 6.45) is 3.94. The van der Waals surface area contributed by atoms with Crippen LogP contribution in [-0.4, -0.2) is 29.0 Å². The lowest BCUT2D eigenvalue weighted by Gasteiger charge is -2.17. The molecule has 2 heterocycles. The normalized spacial score (nSPS) is 16.2. The van der Waals surface area contributed by atoms with Crippen LogP contribution in [0.2, 0.25) is 0 Å². The first-order valence-electron chi connectivity index (χ1n) is 8.09. The maximum Gasteiger partial charge on any atom is 0.251 e. The number of rotatable bonds is 4. The summed E-state index contributed by atoms with van der Waals surface area (Å²) in [5.41, 5.74) is 3.62. The Hall–Kier alpha value is -2.82. The van der Waals surface area contributed by atoms with E-state index in [9.17, 15) is 14.4 Å². The molecule has 1 N–H and O–H groups in total. The number of fused-ring (bicyclic) bond motifs is 1. The smallest absolute Gasteiger partial charge is 0.251 e. The first-order chi connectivity index (χ1) is 11.6. The Kier molecular flexibility index (Phi) is 3.49. The molecular formula is C19H16N2O3. The number of hydrogen-bond donors (Lipinski definition) is 1. The van der Waals surface area contributed by atoms with Crippen LogP contribution < -0.4 is 5.32 Å². The molecule has 0 spiro atoms. The zero-order valence-electron chi connectivity index (χ0n) is 13.0. The molecule has 1 aromatic heterocycles. The fourth-order valence-corrected chi connectivity index (χ4v) is 3.00. The number of benzene rings is 1. The average molecular weight is 320 g/mol. The lowest BCUT2D eigenvalue weighted by atomic mass is 9.94. The quantitative estimate of drug-likeness (QED) is 0.692. The van der Waals surface area contributed by atoms with Gasteiger partial charge in [-0.25, -0.2) is 0 Å². The van der Waals surface area contributed by atoms with Crippen LogP contribution in [0.1, 0.15) is 39.3 Å². The molecule has 1 saturated carbocycles. The van der Waals surface area contributed by atoms with Crippen molar-refractivity contribution >= 4 is 17.5 Å². The molecule has 0 radical (unpaired) electrons. The fraction of sp³-hybridized carbons (Fsp3) is 0.263.